The first-order chi connectivity index (χ1) is 20.1. The van der Waals surface area contributed by atoms with Gasteiger partial charge in [0.25, 0.3) is 5.91 Å². The molecule has 4 aromatic carbocycles. The van der Waals surface area contributed by atoms with Gasteiger partial charge in [-0.1, -0.05) is 48.5 Å². The second-order valence-electron chi connectivity index (χ2n) is 9.07. The number of ether oxygens (including phenoxy) is 1. The normalized spacial score (nSPS) is 11.1. The van der Waals surface area contributed by atoms with Gasteiger partial charge in [-0.3, -0.25) is 9.78 Å². The van der Waals surface area contributed by atoms with Crippen LogP contribution in [0.2, 0.25) is 0 Å². The average Bonchev–Trinajstić information content (AvgIpc) is 3.45. The number of fused-ring (bicyclic) bond motifs is 1. The predicted octanol–water partition coefficient (Wildman–Crippen LogP) is 7.47. The largest absolute Gasteiger partial charge is 0.505 e. The summed E-state index contributed by atoms with van der Waals surface area (Å²) in [6.07, 6.45) is 3.38. The van der Waals surface area contributed by atoms with Crippen LogP contribution in [0.15, 0.2) is 126 Å². The van der Waals surface area contributed by atoms with E-state index in [4.69, 9.17) is 4.74 Å². The molecular weight excluding hydrogens is 516 g/mol. The number of nitrogens with one attached hydrogen (secondary N) is 1. The van der Waals surface area contributed by atoms with Crippen LogP contribution in [0.1, 0.15) is 10.4 Å². The molecule has 2 aromatic heterocycles. The van der Waals surface area contributed by atoms with Crippen LogP contribution in [0.5, 0.6) is 11.5 Å². The lowest BCUT2D eigenvalue weighted by Gasteiger charge is -2.12. The molecule has 1 amide bonds. The number of hydrogen-bond donors (Lipinski definition) is 2. The van der Waals surface area contributed by atoms with Gasteiger partial charge in [0.2, 0.25) is 0 Å². The number of azo groups is 1. The van der Waals surface area contributed by atoms with Gasteiger partial charge in [0.05, 0.1) is 35.8 Å². The van der Waals surface area contributed by atoms with E-state index < -0.39 is 5.91 Å². The summed E-state index contributed by atoms with van der Waals surface area (Å²) in [6, 6.07) is 31.1. The number of hydrogen-bond acceptors (Lipinski definition) is 7. The smallest absolute Gasteiger partial charge is 0.259 e. The molecule has 41 heavy (non-hydrogen) atoms. The number of rotatable bonds is 7. The SMILES string of the molecule is COc1ccc(NC(=O)c2cc3ccccc3c(N=Nc3c(-c4ccccn4)cnn3-c3ccccc3)c2O)cc1. The van der Waals surface area contributed by atoms with Crippen LogP contribution in [0.4, 0.5) is 17.2 Å². The van der Waals surface area contributed by atoms with Crippen molar-refractivity contribution in [1.29, 1.82) is 0 Å². The van der Waals surface area contributed by atoms with Gasteiger partial charge >= 0.3 is 0 Å². The highest BCUT2D eigenvalue weighted by atomic mass is 16.5. The maximum atomic E-state index is 13.3. The summed E-state index contributed by atoms with van der Waals surface area (Å²) in [5, 5.41) is 29.2. The Kier molecular flexibility index (Phi) is 6.90. The number of nitrogens with zero attached hydrogens (tertiary/aromatic N) is 5. The van der Waals surface area contributed by atoms with Crippen molar-refractivity contribution in [3.05, 3.63) is 121 Å². The van der Waals surface area contributed by atoms with Crippen LogP contribution in [-0.4, -0.2) is 32.9 Å². The molecule has 2 N–H and O–H groups in total. The number of benzene rings is 4. The Morgan fingerprint density at radius 3 is 2.41 bits per heavy atom. The van der Waals surface area contributed by atoms with E-state index >= 15 is 0 Å². The summed E-state index contributed by atoms with van der Waals surface area (Å²) < 4.78 is 6.85. The van der Waals surface area contributed by atoms with E-state index in [1.54, 1.807) is 54.5 Å². The highest BCUT2D eigenvalue weighted by Gasteiger charge is 2.20. The van der Waals surface area contributed by atoms with Gasteiger partial charge in [-0.05, 0) is 60.0 Å². The summed E-state index contributed by atoms with van der Waals surface area (Å²) >= 11 is 0. The molecule has 6 aromatic rings. The first kappa shape index (κ1) is 25.4. The van der Waals surface area contributed by atoms with Crippen molar-refractivity contribution in [2.45, 2.75) is 0 Å². The Balaban J connectivity index is 1.45. The number of methoxy groups -OCH3 is 1. The Bertz CT molecular complexity index is 1810. The third-order valence-electron chi connectivity index (χ3n) is 6.52. The molecule has 0 saturated carbocycles. The van der Waals surface area contributed by atoms with Crippen LogP contribution in [0, 0.1) is 0 Å². The van der Waals surface area contributed by atoms with Crippen molar-refractivity contribution in [1.82, 2.24) is 14.8 Å². The lowest BCUT2D eigenvalue weighted by atomic mass is 10.0. The molecule has 0 radical (unpaired) electrons. The maximum Gasteiger partial charge on any atom is 0.259 e. The zero-order valence-electron chi connectivity index (χ0n) is 22.0. The van der Waals surface area contributed by atoms with Crippen molar-refractivity contribution in [2.75, 3.05) is 12.4 Å². The number of aromatic hydroxyl groups is 1. The van der Waals surface area contributed by atoms with Crippen molar-refractivity contribution in [2.24, 2.45) is 10.2 Å². The second kappa shape index (κ2) is 11.1. The van der Waals surface area contributed by atoms with Crippen LogP contribution >= 0.6 is 0 Å². The Labute approximate surface area is 235 Å². The third kappa shape index (κ3) is 5.11. The Morgan fingerprint density at radius 2 is 1.66 bits per heavy atom. The van der Waals surface area contributed by atoms with E-state index in [1.165, 1.54) is 0 Å². The number of amides is 1. The molecule has 0 spiro atoms. The fraction of sp³-hybridized carbons (Fsp3) is 0.0312. The predicted molar refractivity (Wildman–Crippen MR) is 158 cm³/mol. The van der Waals surface area contributed by atoms with Crippen LogP contribution in [-0.2, 0) is 0 Å². The highest BCUT2D eigenvalue weighted by Crippen LogP contribution is 2.41. The number of carbonyl (C=O) groups excluding carboxylic acids is 1. The monoisotopic (exact) mass is 540 g/mol. The van der Waals surface area contributed by atoms with Crippen molar-refractivity contribution in [3.63, 3.8) is 0 Å². The summed E-state index contributed by atoms with van der Waals surface area (Å²) in [6.45, 7) is 0. The highest BCUT2D eigenvalue weighted by molar-refractivity contribution is 6.11. The molecule has 0 unspecified atom stereocenters. The van der Waals surface area contributed by atoms with Crippen LogP contribution in [0.25, 0.3) is 27.7 Å². The molecule has 0 aliphatic rings. The molecule has 200 valence electrons. The molecule has 0 fully saturated rings. The fourth-order valence-electron chi connectivity index (χ4n) is 4.46. The van der Waals surface area contributed by atoms with E-state index in [0.717, 1.165) is 11.1 Å². The summed E-state index contributed by atoms with van der Waals surface area (Å²) in [7, 11) is 1.57. The van der Waals surface area contributed by atoms with Gasteiger partial charge < -0.3 is 15.2 Å². The van der Waals surface area contributed by atoms with Gasteiger partial charge in [0.1, 0.15) is 11.4 Å². The number of phenolic OH excluding ortho intramolecular Hbond substituents is 1. The van der Waals surface area contributed by atoms with E-state index in [2.05, 4.69) is 25.6 Å². The number of phenols is 1. The Morgan fingerprint density at radius 1 is 0.902 bits per heavy atom. The number of aromatic nitrogens is 3. The van der Waals surface area contributed by atoms with Gasteiger partial charge in [-0.15, -0.1) is 10.2 Å². The average molecular weight is 541 g/mol. The number of anilines is 1. The second-order valence-corrected chi connectivity index (χ2v) is 9.07. The zero-order valence-corrected chi connectivity index (χ0v) is 22.0. The number of para-hydroxylation sites is 1. The Hall–Kier alpha value is -5.83. The first-order valence-corrected chi connectivity index (χ1v) is 12.8. The zero-order chi connectivity index (χ0) is 28.2. The van der Waals surface area contributed by atoms with Gasteiger partial charge in [0.15, 0.2) is 11.6 Å². The molecule has 0 aliphatic heterocycles. The lowest BCUT2D eigenvalue weighted by Crippen LogP contribution is -2.12. The molecule has 9 nitrogen and oxygen atoms in total. The molecule has 0 aliphatic carbocycles. The first-order valence-electron chi connectivity index (χ1n) is 12.8. The third-order valence-corrected chi connectivity index (χ3v) is 6.52. The van der Waals surface area contributed by atoms with Crippen LogP contribution < -0.4 is 10.1 Å². The van der Waals surface area contributed by atoms with Gasteiger partial charge in [-0.2, -0.15) is 5.10 Å². The van der Waals surface area contributed by atoms with E-state index in [0.29, 0.717) is 33.9 Å². The number of pyridine rings is 1. The quantitative estimate of drug-likeness (QED) is 0.204. The molecular formula is C32H24N6O3. The molecule has 2 heterocycles. The van der Waals surface area contributed by atoms with E-state index in [-0.39, 0.29) is 17.0 Å². The fourth-order valence-corrected chi connectivity index (χ4v) is 4.46. The summed E-state index contributed by atoms with van der Waals surface area (Å²) in [5.41, 5.74) is 2.90. The summed E-state index contributed by atoms with van der Waals surface area (Å²) in [4.78, 5) is 17.8. The van der Waals surface area contributed by atoms with Gasteiger partial charge in [-0.25, -0.2) is 4.68 Å². The van der Waals surface area contributed by atoms with Crippen molar-refractivity contribution in [3.8, 4) is 28.4 Å². The molecule has 6 rings (SSSR count). The minimum absolute atomic E-state index is 0.0648. The minimum atomic E-state index is -0.488. The molecule has 0 atom stereocenters. The summed E-state index contributed by atoms with van der Waals surface area (Å²) in [5.74, 6) is 0.313. The standard InChI is InChI=1S/C32H24N6O3/c1-41-24-16-14-22(15-17-24)35-32(40)26-19-21-9-5-6-12-25(21)29(30(26)39)36-37-31-27(28-13-7-8-18-33-28)20-34-38(31)23-10-3-2-4-11-23/h2-20,39H,1H3,(H,35,40). The molecule has 0 saturated heterocycles. The topological polar surface area (TPSA) is 114 Å². The lowest BCUT2D eigenvalue weighted by molar-refractivity contribution is 0.102. The molecule has 0 bridgehead atoms. The minimum Gasteiger partial charge on any atom is -0.505 e. The van der Waals surface area contributed by atoms with Crippen molar-refractivity contribution >= 4 is 33.9 Å². The van der Waals surface area contributed by atoms with Crippen LogP contribution in [0.3, 0.4) is 0 Å². The van der Waals surface area contributed by atoms with E-state index in [9.17, 15) is 9.90 Å². The maximum absolute atomic E-state index is 13.3. The molecule has 9 heteroatoms. The van der Waals surface area contributed by atoms with Crippen molar-refractivity contribution < 1.29 is 14.6 Å². The van der Waals surface area contributed by atoms with Gasteiger partial charge in [0, 0.05) is 17.3 Å². The van der Waals surface area contributed by atoms with E-state index in [1.807, 2.05) is 72.8 Å². The number of carbonyl (C=O) groups is 1.